The van der Waals surface area contributed by atoms with Gasteiger partial charge in [-0.05, 0) is 157 Å². The van der Waals surface area contributed by atoms with Crippen LogP contribution >= 0.6 is 0 Å². The number of rotatable bonds is 0. The third-order valence-electron chi connectivity index (χ3n) is 17.9. The fourth-order valence-corrected chi connectivity index (χ4v) is 9.71. The van der Waals surface area contributed by atoms with E-state index in [9.17, 15) is 0 Å². The molecule has 0 bridgehead atoms. The molecule has 4 aromatic rings. The standard InChI is InChI=1S/4C18H30.2C6N4.C4H8O2.2C4H8O.2V/c4*1-16(2,3)13-10-14(17(4,5)6)12-15(11-13)18(7,8)9;2*7-1-5(2-8)6(3-9)4-10;1-2-6-4-3-5-1;2*1-2-4-5-3-1;;/h4*10-12H,1-9H3;;;1-4H2;2*1-4H2;;. The van der Waals surface area contributed by atoms with E-state index in [0.29, 0.717) is 0 Å². The second-order valence-electron chi connectivity index (χ2n) is 40.5. The number of nitriles is 8. The zero-order chi connectivity index (χ0) is 84.7. The van der Waals surface area contributed by atoms with Crippen LogP contribution in [0.5, 0.6) is 0 Å². The molecule has 0 spiro atoms. The number of ether oxygens (including phenoxy) is 4. The van der Waals surface area contributed by atoms with Gasteiger partial charge in [-0.1, -0.05) is 322 Å². The summed E-state index contributed by atoms with van der Waals surface area (Å²) in [6, 6.07) is 40.0. The van der Waals surface area contributed by atoms with E-state index in [2.05, 4.69) is 322 Å². The number of hydrogen-bond acceptors (Lipinski definition) is 12. The van der Waals surface area contributed by atoms with Crippen LogP contribution < -0.4 is 0 Å². The van der Waals surface area contributed by atoms with Gasteiger partial charge in [0.25, 0.3) is 0 Å². The molecule has 4 aromatic carbocycles. The SMILES string of the molecule is C1CCOC1.C1CCOC1.C1COCCO1.CC(C)(C)c1cc(C(C)(C)C)cc(C(C)(C)C)c1.CC(C)(C)c1cc(C(C)(C)C)cc(C(C)(C)C)c1.CC(C)(C)c1cc(C(C)(C)C)cc(C(C)(C)C)c1.CC(C)(C)c1cc(C(C)(C)C)cc(C(C)(C)C)c1.N#CC(C#N)=C(C#N)C#N.N#CC(C#N)=C(C#N)C#N.[V].[V]. The van der Waals surface area contributed by atoms with Crippen molar-refractivity contribution in [3.8, 4) is 48.6 Å². The van der Waals surface area contributed by atoms with Gasteiger partial charge in [0.15, 0.2) is 22.3 Å². The van der Waals surface area contributed by atoms with Gasteiger partial charge in [-0.15, -0.1) is 0 Å². The Morgan fingerprint density at radius 1 is 0.182 bits per heavy atom. The van der Waals surface area contributed by atoms with Crippen LogP contribution in [0.3, 0.4) is 0 Å². The summed E-state index contributed by atoms with van der Waals surface area (Å²) in [6.45, 7) is 89.7. The minimum absolute atomic E-state index is 0. The Morgan fingerprint density at radius 2 is 0.264 bits per heavy atom. The maximum atomic E-state index is 8.13. The van der Waals surface area contributed by atoms with Crippen LogP contribution in [0.4, 0.5) is 0 Å². The first kappa shape index (κ1) is 110. The van der Waals surface area contributed by atoms with Crippen molar-refractivity contribution >= 4 is 0 Å². The topological polar surface area (TPSA) is 227 Å². The molecule has 3 aliphatic heterocycles. The number of nitrogens with zero attached hydrogens (tertiary/aromatic N) is 8. The summed E-state index contributed by atoms with van der Waals surface area (Å²) in [5.74, 6) is 0. The van der Waals surface area contributed by atoms with E-state index in [1.54, 1.807) is 0 Å². The van der Waals surface area contributed by atoms with E-state index in [1.807, 2.05) is 0 Å². The monoisotopic (exact) mass is 1580 g/mol. The van der Waals surface area contributed by atoms with Crippen molar-refractivity contribution in [2.75, 3.05) is 52.9 Å². The largest absolute Gasteiger partial charge is 0.381 e. The average Bonchev–Trinajstić information content (AvgIpc) is 0.859. The molecular weight excluding hydrogens is 1430 g/mol. The number of allylic oxidation sites excluding steroid dienone is 4. The summed E-state index contributed by atoms with van der Waals surface area (Å²) in [5, 5.41) is 65.0. The second kappa shape index (κ2) is 47.1. The van der Waals surface area contributed by atoms with Gasteiger partial charge in [0.1, 0.15) is 48.6 Å². The maximum Gasteiger partial charge on any atom is 0.158 e. The number of benzene rings is 4. The third kappa shape index (κ3) is 43.4. The molecule has 3 fully saturated rings. The summed E-state index contributed by atoms with van der Waals surface area (Å²) < 4.78 is 19.8. The first-order valence-corrected chi connectivity index (χ1v) is 38.5. The van der Waals surface area contributed by atoms with E-state index in [0.717, 1.165) is 52.9 Å². The molecule has 12 nitrogen and oxygen atoms in total. The quantitative estimate of drug-likeness (QED) is 0.150. The Labute approximate surface area is 696 Å². The van der Waals surface area contributed by atoms with Crippen molar-refractivity contribution in [1.29, 1.82) is 42.1 Å². The molecule has 3 aliphatic rings. The Balaban J connectivity index is -0.000000591. The fraction of sp³-hybridized carbons (Fsp3) is 0.625. The van der Waals surface area contributed by atoms with E-state index < -0.39 is 22.3 Å². The normalized spacial score (nSPS) is 13.6. The molecule has 0 aromatic heterocycles. The maximum absolute atomic E-state index is 8.13. The molecule has 0 saturated carbocycles. The van der Waals surface area contributed by atoms with Crippen LogP contribution in [0.1, 0.15) is 342 Å². The van der Waals surface area contributed by atoms with Gasteiger partial charge in [0.2, 0.25) is 0 Å². The minimum atomic E-state index is -0.440. The predicted molar refractivity (Wildman–Crippen MR) is 451 cm³/mol. The molecule has 602 valence electrons. The van der Waals surface area contributed by atoms with Crippen LogP contribution in [0.25, 0.3) is 0 Å². The predicted octanol–water partition coefficient (Wildman–Crippen LogP) is 24.7. The smallest absolute Gasteiger partial charge is 0.158 e. The van der Waals surface area contributed by atoms with Crippen LogP contribution in [-0.4, -0.2) is 52.9 Å². The van der Waals surface area contributed by atoms with Gasteiger partial charge in [-0.3, -0.25) is 0 Å². The number of hydrogen-bond donors (Lipinski definition) is 0. The average molecular weight is 1580 g/mol. The van der Waals surface area contributed by atoms with Gasteiger partial charge in [0, 0.05) is 63.5 Å². The Kier molecular flexibility index (Phi) is 46.9. The zero-order valence-corrected chi connectivity index (χ0v) is 78.3. The van der Waals surface area contributed by atoms with Crippen molar-refractivity contribution in [1.82, 2.24) is 0 Å². The molecule has 0 unspecified atom stereocenters. The summed E-state index contributed by atoms with van der Waals surface area (Å²) in [4.78, 5) is 0. The van der Waals surface area contributed by atoms with E-state index in [-0.39, 0.29) is 102 Å². The molecule has 3 heterocycles. The fourth-order valence-electron chi connectivity index (χ4n) is 9.71. The van der Waals surface area contributed by atoms with E-state index in [1.165, 1.54) is 141 Å². The summed E-state index contributed by atoms with van der Waals surface area (Å²) in [6.07, 6.45) is 5.11. The molecule has 14 heteroatoms. The van der Waals surface area contributed by atoms with E-state index in [4.69, 9.17) is 61.0 Å². The van der Waals surface area contributed by atoms with Gasteiger partial charge in [0.05, 0.1) is 26.4 Å². The molecule has 2 radical (unpaired) electrons. The molecule has 0 aliphatic carbocycles. The molecule has 0 amide bonds. The van der Waals surface area contributed by atoms with Gasteiger partial charge < -0.3 is 18.9 Å². The van der Waals surface area contributed by atoms with Crippen molar-refractivity contribution < 1.29 is 56.1 Å². The molecule has 0 atom stereocenters. The van der Waals surface area contributed by atoms with Crippen molar-refractivity contribution in [2.24, 2.45) is 0 Å². The Hall–Kier alpha value is -6.71. The summed E-state index contributed by atoms with van der Waals surface area (Å²) in [7, 11) is 0. The van der Waals surface area contributed by atoms with Gasteiger partial charge in [-0.25, -0.2) is 0 Å². The molecule has 3 saturated heterocycles. The first-order chi connectivity index (χ1) is 48.9. The molecule has 0 N–H and O–H groups in total. The van der Waals surface area contributed by atoms with Crippen LogP contribution in [-0.2, 0) is 121 Å². The second-order valence-corrected chi connectivity index (χ2v) is 40.5. The summed E-state index contributed by atoms with van der Waals surface area (Å²) in [5.41, 5.74) is 18.1. The van der Waals surface area contributed by atoms with Crippen LogP contribution in [0, 0.1) is 90.6 Å². The molecule has 110 heavy (non-hydrogen) atoms. The van der Waals surface area contributed by atoms with E-state index >= 15 is 0 Å². The van der Waals surface area contributed by atoms with Gasteiger partial charge >= 0.3 is 0 Å². The van der Waals surface area contributed by atoms with Crippen molar-refractivity contribution in [3.63, 3.8) is 0 Å². The zero-order valence-electron chi connectivity index (χ0n) is 75.5. The summed E-state index contributed by atoms with van der Waals surface area (Å²) >= 11 is 0. The third-order valence-corrected chi connectivity index (χ3v) is 17.9. The first-order valence-electron chi connectivity index (χ1n) is 38.5. The Morgan fingerprint density at radius 3 is 0.309 bits per heavy atom. The minimum Gasteiger partial charge on any atom is -0.381 e. The van der Waals surface area contributed by atoms with Gasteiger partial charge in [-0.2, -0.15) is 42.1 Å². The Bertz CT molecular complexity index is 3010. The van der Waals surface area contributed by atoms with Crippen LogP contribution in [0.15, 0.2) is 95.1 Å². The van der Waals surface area contributed by atoms with Crippen molar-refractivity contribution in [2.45, 2.75) is 340 Å². The molecular formula is C96H144N8O4V2. The van der Waals surface area contributed by atoms with Crippen LogP contribution in [0.2, 0.25) is 0 Å². The van der Waals surface area contributed by atoms with Crippen molar-refractivity contribution in [3.05, 3.63) is 162 Å². The molecule has 7 rings (SSSR count).